The van der Waals surface area contributed by atoms with E-state index in [4.69, 9.17) is 16.3 Å². The van der Waals surface area contributed by atoms with Gasteiger partial charge in [0.1, 0.15) is 11.6 Å². The molecular formula is C16H10ClFN2O2. The number of nitrogens with zero attached hydrogens (tertiary/aromatic N) is 2. The van der Waals surface area contributed by atoms with E-state index < -0.39 is 5.82 Å². The average Bonchev–Trinajstić information content (AvgIpc) is 3.01. The van der Waals surface area contributed by atoms with Crippen molar-refractivity contribution in [3.63, 3.8) is 0 Å². The number of hydrogen-bond donors (Lipinski definition) is 0. The first-order valence-corrected chi connectivity index (χ1v) is 7.15. The van der Waals surface area contributed by atoms with Crippen LogP contribution in [0.4, 0.5) is 4.39 Å². The van der Waals surface area contributed by atoms with Gasteiger partial charge in [0.25, 0.3) is 5.56 Å². The van der Waals surface area contributed by atoms with Crippen molar-refractivity contribution in [1.82, 2.24) is 9.55 Å². The number of pyridine rings is 2. The van der Waals surface area contributed by atoms with Gasteiger partial charge in [0.05, 0.1) is 28.3 Å². The Morgan fingerprint density at radius 3 is 3.00 bits per heavy atom. The van der Waals surface area contributed by atoms with Crippen LogP contribution >= 0.6 is 11.6 Å². The van der Waals surface area contributed by atoms with E-state index in [0.29, 0.717) is 35.7 Å². The third-order valence-corrected chi connectivity index (χ3v) is 4.03. The lowest BCUT2D eigenvalue weighted by molar-refractivity contribution is 0.360. The van der Waals surface area contributed by atoms with Crippen molar-refractivity contribution in [1.29, 1.82) is 0 Å². The topological polar surface area (TPSA) is 44.1 Å². The molecule has 1 aliphatic rings. The summed E-state index contributed by atoms with van der Waals surface area (Å²) in [6.45, 7) is 0.475. The van der Waals surface area contributed by atoms with Crippen molar-refractivity contribution < 1.29 is 9.13 Å². The number of fused-ring (bicyclic) bond motifs is 3. The lowest BCUT2D eigenvalue weighted by Crippen LogP contribution is -2.22. The highest BCUT2D eigenvalue weighted by molar-refractivity contribution is 6.30. The molecule has 0 spiro atoms. The maximum absolute atomic E-state index is 13.4. The van der Waals surface area contributed by atoms with Crippen molar-refractivity contribution in [3.8, 4) is 11.4 Å². The molecule has 0 fully saturated rings. The van der Waals surface area contributed by atoms with Crippen LogP contribution in [0.1, 0.15) is 5.56 Å². The zero-order chi connectivity index (χ0) is 15.3. The van der Waals surface area contributed by atoms with Gasteiger partial charge in [-0.1, -0.05) is 11.6 Å². The van der Waals surface area contributed by atoms with Gasteiger partial charge in [-0.25, -0.2) is 9.37 Å². The smallest absolute Gasteiger partial charge is 0.263 e. The van der Waals surface area contributed by atoms with Gasteiger partial charge >= 0.3 is 0 Å². The summed E-state index contributed by atoms with van der Waals surface area (Å²) in [6, 6.07) is 7.82. The minimum atomic E-state index is -0.528. The molecule has 0 amide bonds. The Bertz CT molecular complexity index is 968. The molecule has 3 aromatic rings. The van der Waals surface area contributed by atoms with Crippen LogP contribution in [-0.4, -0.2) is 16.2 Å². The molecule has 0 unspecified atom stereocenters. The highest BCUT2D eigenvalue weighted by Gasteiger charge is 2.23. The molecule has 0 saturated heterocycles. The molecule has 0 atom stereocenters. The fraction of sp³-hybridized carbons (Fsp3) is 0.125. The molecule has 22 heavy (non-hydrogen) atoms. The first-order chi connectivity index (χ1) is 10.7. The Hall–Kier alpha value is -2.40. The van der Waals surface area contributed by atoms with Crippen molar-refractivity contribution in [2.24, 2.45) is 0 Å². The Labute approximate surface area is 129 Å². The molecule has 3 heterocycles. The first-order valence-electron chi connectivity index (χ1n) is 6.77. The molecule has 110 valence electrons. The molecule has 4 rings (SSSR count). The van der Waals surface area contributed by atoms with Crippen LogP contribution in [0, 0.1) is 5.82 Å². The van der Waals surface area contributed by atoms with Gasteiger partial charge in [0.15, 0.2) is 5.65 Å². The number of benzene rings is 1. The van der Waals surface area contributed by atoms with Crippen molar-refractivity contribution in [3.05, 3.63) is 63.3 Å². The molecule has 0 radical (unpaired) electrons. The van der Waals surface area contributed by atoms with E-state index in [2.05, 4.69) is 4.98 Å². The molecule has 2 aromatic heterocycles. The summed E-state index contributed by atoms with van der Waals surface area (Å²) in [5, 5.41) is 0.722. The SMILES string of the molecule is O=c1c2c(c3cccnc3n1-c1ccc(F)c(Cl)c1)OCC2. The molecule has 0 saturated carbocycles. The summed E-state index contributed by atoms with van der Waals surface area (Å²) < 4.78 is 20.4. The largest absolute Gasteiger partial charge is 0.492 e. The minimum absolute atomic E-state index is 0.0368. The van der Waals surface area contributed by atoms with Gasteiger partial charge < -0.3 is 4.74 Å². The molecule has 0 aliphatic carbocycles. The van der Waals surface area contributed by atoms with Gasteiger partial charge in [-0.3, -0.25) is 9.36 Å². The molecule has 0 N–H and O–H groups in total. The number of ether oxygens (including phenoxy) is 1. The summed E-state index contributed by atoms with van der Waals surface area (Å²) in [5.74, 6) is 0.0674. The first kappa shape index (κ1) is 13.3. The van der Waals surface area contributed by atoms with Crippen molar-refractivity contribution in [2.75, 3.05) is 6.61 Å². The maximum Gasteiger partial charge on any atom is 0.263 e. The summed E-state index contributed by atoms with van der Waals surface area (Å²) >= 11 is 5.85. The van der Waals surface area contributed by atoms with Gasteiger partial charge in [-0.2, -0.15) is 0 Å². The Morgan fingerprint density at radius 1 is 1.32 bits per heavy atom. The highest BCUT2D eigenvalue weighted by Crippen LogP contribution is 2.32. The minimum Gasteiger partial charge on any atom is -0.492 e. The number of halogens is 2. The molecule has 6 heteroatoms. The second-order valence-electron chi connectivity index (χ2n) is 5.02. The fourth-order valence-electron chi connectivity index (χ4n) is 2.75. The predicted molar refractivity (Wildman–Crippen MR) is 81.5 cm³/mol. The van der Waals surface area contributed by atoms with Gasteiger partial charge in [-0.05, 0) is 30.3 Å². The summed E-state index contributed by atoms with van der Waals surface area (Å²) in [6.07, 6.45) is 2.15. The van der Waals surface area contributed by atoms with Crippen LogP contribution in [-0.2, 0) is 6.42 Å². The van der Waals surface area contributed by atoms with Gasteiger partial charge in [-0.15, -0.1) is 0 Å². The van der Waals surface area contributed by atoms with Crippen LogP contribution in [0.15, 0.2) is 41.3 Å². The summed E-state index contributed by atoms with van der Waals surface area (Å²) in [7, 11) is 0. The van der Waals surface area contributed by atoms with E-state index in [1.54, 1.807) is 12.3 Å². The molecule has 1 aromatic carbocycles. The Balaban J connectivity index is 2.14. The standard InChI is InChI=1S/C16H10ClFN2O2/c17-12-8-9(3-4-13(12)18)20-15-10(2-1-6-19-15)14-11(16(20)21)5-7-22-14/h1-4,6,8H,5,7H2. The van der Waals surface area contributed by atoms with Crippen LogP contribution < -0.4 is 10.3 Å². The van der Waals surface area contributed by atoms with E-state index >= 15 is 0 Å². The third-order valence-electron chi connectivity index (χ3n) is 3.74. The Morgan fingerprint density at radius 2 is 2.18 bits per heavy atom. The third kappa shape index (κ3) is 1.82. The van der Waals surface area contributed by atoms with Crippen LogP contribution in [0.5, 0.6) is 5.75 Å². The monoisotopic (exact) mass is 316 g/mol. The Kier molecular flexibility index (Phi) is 2.90. The van der Waals surface area contributed by atoms with E-state index in [1.807, 2.05) is 6.07 Å². The van der Waals surface area contributed by atoms with Crippen LogP contribution in [0.25, 0.3) is 16.7 Å². The van der Waals surface area contributed by atoms with Gasteiger partial charge in [0, 0.05) is 12.6 Å². The van der Waals surface area contributed by atoms with E-state index in [9.17, 15) is 9.18 Å². The van der Waals surface area contributed by atoms with E-state index in [-0.39, 0.29) is 10.6 Å². The molecule has 1 aliphatic heterocycles. The maximum atomic E-state index is 13.4. The number of rotatable bonds is 1. The zero-order valence-corrected chi connectivity index (χ0v) is 12.1. The predicted octanol–water partition coefficient (Wildman–Crippen LogP) is 3.11. The second-order valence-corrected chi connectivity index (χ2v) is 5.43. The summed E-state index contributed by atoms with van der Waals surface area (Å²) in [4.78, 5) is 17.1. The van der Waals surface area contributed by atoms with E-state index in [1.165, 1.54) is 22.8 Å². The lowest BCUT2D eigenvalue weighted by atomic mass is 10.1. The fourth-order valence-corrected chi connectivity index (χ4v) is 2.92. The molecule has 0 bridgehead atoms. The quantitative estimate of drug-likeness (QED) is 0.693. The number of hydrogen-bond acceptors (Lipinski definition) is 3. The highest BCUT2D eigenvalue weighted by atomic mass is 35.5. The van der Waals surface area contributed by atoms with Crippen molar-refractivity contribution >= 4 is 22.6 Å². The molecule has 4 nitrogen and oxygen atoms in total. The summed E-state index contributed by atoms with van der Waals surface area (Å²) in [5.41, 5.74) is 1.35. The average molecular weight is 317 g/mol. The van der Waals surface area contributed by atoms with E-state index in [0.717, 1.165) is 5.39 Å². The zero-order valence-electron chi connectivity index (χ0n) is 11.3. The van der Waals surface area contributed by atoms with Crippen molar-refractivity contribution in [2.45, 2.75) is 6.42 Å². The molecular weight excluding hydrogens is 307 g/mol. The second kappa shape index (κ2) is 4.81. The van der Waals surface area contributed by atoms with Crippen LogP contribution in [0.2, 0.25) is 5.02 Å². The lowest BCUT2D eigenvalue weighted by Gasteiger charge is -2.12. The normalized spacial score (nSPS) is 13.2. The van der Waals surface area contributed by atoms with Gasteiger partial charge in [0.2, 0.25) is 0 Å². The number of aromatic nitrogens is 2. The van der Waals surface area contributed by atoms with Crippen LogP contribution in [0.3, 0.4) is 0 Å².